The summed E-state index contributed by atoms with van der Waals surface area (Å²) in [5, 5.41) is 80.6. The molecular weight excluding hydrogens is 1380 g/mol. The largest absolute Gasteiger partial charge is 0.481 e. The van der Waals surface area contributed by atoms with Crippen molar-refractivity contribution in [1.29, 1.82) is 0 Å². The summed E-state index contributed by atoms with van der Waals surface area (Å²) in [4.78, 5) is 222. The van der Waals surface area contributed by atoms with Gasteiger partial charge in [-0.25, -0.2) is 4.79 Å². The minimum absolute atomic E-state index is 0.101. The summed E-state index contributed by atoms with van der Waals surface area (Å²) in [5.74, 6) is -23.6. The Labute approximate surface area is 583 Å². The highest BCUT2D eigenvalue weighted by Gasteiger charge is 2.38. The molecule has 2 aromatic carbocycles. The minimum atomic E-state index is -5.03. The van der Waals surface area contributed by atoms with Gasteiger partial charge in [0.05, 0.1) is 12.5 Å². The van der Waals surface area contributed by atoms with E-state index in [0.717, 1.165) is 19.1 Å². The van der Waals surface area contributed by atoms with Crippen molar-refractivity contribution < 1.29 is 129 Å². The summed E-state index contributed by atoms with van der Waals surface area (Å²) in [7, 11) is -5.03. The molecule has 0 saturated carbocycles. The Hall–Kier alpha value is -10.9. The van der Waals surface area contributed by atoms with Crippen molar-refractivity contribution in [2.75, 3.05) is 0 Å². The van der Waals surface area contributed by atoms with Crippen molar-refractivity contribution in [2.45, 2.75) is 197 Å². The fourth-order valence-electron chi connectivity index (χ4n) is 9.51. The van der Waals surface area contributed by atoms with Crippen molar-refractivity contribution in [3.8, 4) is 5.75 Å². The predicted molar refractivity (Wildman–Crippen MR) is 350 cm³/mol. The molecule has 40 heteroatoms. The van der Waals surface area contributed by atoms with E-state index < -0.39 is 272 Å². The third kappa shape index (κ3) is 33.8. The Morgan fingerprint density at radius 1 is 0.422 bits per heavy atom. The Morgan fingerprint density at radius 3 is 1.16 bits per heavy atom. The number of primary amides is 1. The molecule has 0 radical (unpaired) electrons. The predicted octanol–water partition coefficient (Wildman–Crippen LogP) is -3.78. The maximum Gasteiger partial charge on any atom is 0.446 e. The molecule has 0 aliphatic carbocycles. The molecule has 2 aromatic rings. The summed E-state index contributed by atoms with van der Waals surface area (Å²) in [6, 6.07) is -6.95. The second kappa shape index (κ2) is 42.9. The van der Waals surface area contributed by atoms with Crippen molar-refractivity contribution in [3.63, 3.8) is 0 Å². The lowest BCUT2D eigenvalue weighted by Crippen LogP contribution is -2.61. The number of hydrogen-bond donors (Lipinski definition) is 19. The van der Waals surface area contributed by atoms with Gasteiger partial charge in [-0.15, -0.1) is 0 Å². The number of carboxylic acid groups (broad SMARTS) is 6. The van der Waals surface area contributed by atoms with Gasteiger partial charge in [-0.05, 0) is 80.5 Å². The van der Waals surface area contributed by atoms with Crippen LogP contribution in [0, 0.1) is 11.8 Å². The summed E-state index contributed by atoms with van der Waals surface area (Å²) in [6.07, 6.45) is -8.92. The molecule has 0 aliphatic rings. The number of amides is 11. The summed E-state index contributed by atoms with van der Waals surface area (Å²) in [5.41, 5.74) is 11.5. The average molecular weight is 1470 g/mol. The average Bonchev–Trinajstić information content (AvgIpc) is 0.857. The van der Waals surface area contributed by atoms with Gasteiger partial charge >= 0.3 is 46.2 Å². The number of carboxylic acids is 6. The number of hydrogen-bond acceptors (Lipinski definition) is 21. The molecule has 0 bridgehead atoms. The van der Waals surface area contributed by atoms with Gasteiger partial charge in [-0.1, -0.05) is 76.6 Å². The molecule has 11 amide bonds. The van der Waals surface area contributed by atoms with Crippen LogP contribution in [0.5, 0.6) is 5.75 Å². The quantitative estimate of drug-likeness (QED) is 0.0283. The lowest BCUT2D eigenvalue weighted by molar-refractivity contribution is -0.143. The van der Waals surface area contributed by atoms with Gasteiger partial charge in [0, 0.05) is 44.9 Å². The number of carbonyl (C=O) groups excluding carboxylic acids is 11. The van der Waals surface area contributed by atoms with Crippen molar-refractivity contribution in [1.82, 2.24) is 53.2 Å². The van der Waals surface area contributed by atoms with Gasteiger partial charge < -0.3 is 99.5 Å². The molecule has 0 aliphatic heterocycles. The Morgan fingerprint density at radius 2 is 0.775 bits per heavy atom. The maximum atomic E-state index is 14.4. The molecule has 0 spiro atoms. The van der Waals surface area contributed by atoms with E-state index in [4.69, 9.17) is 16.0 Å². The van der Waals surface area contributed by atoms with Crippen LogP contribution in [0.3, 0.4) is 0 Å². The Bertz CT molecular complexity index is 3450. The molecule has 0 aromatic heterocycles. The van der Waals surface area contributed by atoms with Crippen LogP contribution in [0.1, 0.15) is 129 Å². The molecule has 2 rings (SSSR count). The van der Waals surface area contributed by atoms with E-state index in [2.05, 4.69) is 57.4 Å². The molecule has 0 fully saturated rings. The summed E-state index contributed by atoms with van der Waals surface area (Å²) in [6.45, 7) is 7.34. The van der Waals surface area contributed by atoms with E-state index in [1.54, 1.807) is 51.1 Å². The molecule has 102 heavy (non-hydrogen) atoms. The highest BCUT2D eigenvalue weighted by atomic mass is 32.3. The molecule has 564 valence electrons. The number of aliphatic carboxylic acids is 6. The summed E-state index contributed by atoms with van der Waals surface area (Å²) >= 11 is 0. The zero-order valence-corrected chi connectivity index (χ0v) is 57.0. The fourth-order valence-corrected chi connectivity index (χ4v) is 9.87. The van der Waals surface area contributed by atoms with Gasteiger partial charge in [0.2, 0.25) is 65.0 Å². The molecular formula is C62H88N12O27S. The number of benzene rings is 2. The lowest BCUT2D eigenvalue weighted by Gasteiger charge is -2.29. The first-order valence-electron chi connectivity index (χ1n) is 31.8. The zero-order chi connectivity index (χ0) is 77.3. The van der Waals surface area contributed by atoms with Crippen LogP contribution in [-0.4, -0.2) is 211 Å². The number of rotatable bonds is 48. The van der Waals surface area contributed by atoms with Crippen LogP contribution in [0.2, 0.25) is 0 Å². The van der Waals surface area contributed by atoms with E-state index in [1.165, 1.54) is 19.1 Å². The molecule has 0 unspecified atom stereocenters. The zero-order valence-electron chi connectivity index (χ0n) is 56.2. The first kappa shape index (κ1) is 87.2. The summed E-state index contributed by atoms with van der Waals surface area (Å²) < 4.78 is 36.4. The topological polar surface area (TPSA) is 648 Å². The van der Waals surface area contributed by atoms with Crippen LogP contribution < -0.4 is 68.8 Å². The van der Waals surface area contributed by atoms with Crippen LogP contribution in [0.25, 0.3) is 0 Å². The number of nitrogens with one attached hydrogen (secondary N) is 10. The van der Waals surface area contributed by atoms with Crippen molar-refractivity contribution >= 4 is 111 Å². The van der Waals surface area contributed by atoms with Crippen LogP contribution in [0.4, 0.5) is 0 Å². The minimum Gasteiger partial charge on any atom is -0.481 e. The van der Waals surface area contributed by atoms with E-state index in [0.29, 0.717) is 5.56 Å². The van der Waals surface area contributed by atoms with E-state index in [-0.39, 0.29) is 24.8 Å². The smallest absolute Gasteiger partial charge is 0.446 e. The molecule has 39 nitrogen and oxygen atoms in total. The molecule has 0 saturated heterocycles. The van der Waals surface area contributed by atoms with Crippen LogP contribution in [0.15, 0.2) is 54.6 Å². The van der Waals surface area contributed by atoms with E-state index >= 15 is 0 Å². The van der Waals surface area contributed by atoms with Gasteiger partial charge in [0.25, 0.3) is 0 Å². The highest BCUT2D eigenvalue weighted by molar-refractivity contribution is 7.81. The first-order chi connectivity index (χ1) is 47.6. The van der Waals surface area contributed by atoms with Gasteiger partial charge in [-0.2, -0.15) is 8.42 Å². The van der Waals surface area contributed by atoms with Gasteiger partial charge in [0.15, 0.2) is 0 Å². The molecule has 0 heterocycles. The second-order valence-corrected chi connectivity index (χ2v) is 25.1. The standard InChI is InChI=1S/C62H88N12O27S/c1-6-31(4)51(74-57(91)40(20-25-49(82)83)68-55(89)38(18-23-47(78)79)69-59(93)43(27-33-10-8-7-9-11-33)71-53(87)36(63)29-50(84)85)61(95)65-32(5)52(86)66-37(17-22-46(76)77)54(88)67-39(19-24-48(80)81)56(90)73-44(28-34-12-14-35(15-13-34)101-102(98,99)100)60(94)72-42(26-30(2)3)58(92)70-41(62(96)97)16-21-45(64)75/h7-15,30-32,36-44,51H,6,16-29,63H2,1-5H3,(H2,64,75)(H,65,95)(H,66,86)(H,67,88)(H,68,89)(H,69,93)(H,70,92)(H,71,87)(H,72,94)(H,73,90)(H,74,91)(H,76,77)(H,78,79)(H,80,81)(H,82,83)(H,84,85)(H,96,97)(H,98,99,100)/t31-,32-,36-,37-,38-,39-,40-,41-,42-,43-,44-,51-/m0/s1. The highest BCUT2D eigenvalue weighted by Crippen LogP contribution is 2.18. The fraction of sp³-hybridized carbons (Fsp3) is 0.532. The number of carbonyl (C=O) groups is 17. The van der Waals surface area contributed by atoms with Crippen LogP contribution >= 0.6 is 0 Å². The monoisotopic (exact) mass is 1460 g/mol. The normalized spacial score (nSPS) is 14.7. The van der Waals surface area contributed by atoms with Crippen LogP contribution in [-0.2, 0) is 105 Å². The SMILES string of the molecule is CC[C@H](C)[C@H](NC(=O)[C@H](CCC(=O)O)NC(=O)[C@H](CCC(=O)O)NC(=O)[C@H](Cc1ccccc1)NC(=O)[C@@H](N)CC(=O)O)C(=O)N[C@@H](C)C(=O)N[C@@H](CCC(=O)O)C(=O)N[C@@H](CCC(=O)O)C(=O)N[C@@H](Cc1ccc(OS(=O)(=O)O)cc1)C(=O)N[C@@H](CC(C)C)C(=O)N[C@@H](CCC(N)=O)C(=O)O. The van der Waals surface area contributed by atoms with E-state index in [1.807, 2.05) is 0 Å². The first-order valence-corrected chi connectivity index (χ1v) is 33.1. The molecule has 21 N–H and O–H groups in total. The third-order valence-corrected chi connectivity index (χ3v) is 15.5. The van der Waals surface area contributed by atoms with Gasteiger partial charge in [0.1, 0.15) is 66.2 Å². The van der Waals surface area contributed by atoms with Crippen molar-refractivity contribution in [2.24, 2.45) is 23.3 Å². The lowest BCUT2D eigenvalue weighted by atomic mass is 9.97. The third-order valence-electron chi connectivity index (χ3n) is 15.1. The second-order valence-electron chi connectivity index (χ2n) is 24.0. The maximum absolute atomic E-state index is 14.4. The van der Waals surface area contributed by atoms with Crippen molar-refractivity contribution in [3.05, 3.63) is 65.7 Å². The molecule has 12 atom stereocenters. The Balaban J connectivity index is 2.55. The van der Waals surface area contributed by atoms with Gasteiger partial charge in [-0.3, -0.25) is 81.3 Å². The van der Waals surface area contributed by atoms with E-state index in [9.17, 15) is 121 Å². The number of nitrogens with two attached hydrogens (primary N) is 2. The Kier molecular flexibility index (Phi) is 36.7.